The number of esters is 1. The van der Waals surface area contributed by atoms with Crippen LogP contribution in [0.4, 0.5) is 0 Å². The summed E-state index contributed by atoms with van der Waals surface area (Å²) in [6.45, 7) is 3.66. The monoisotopic (exact) mass is 219 g/mol. The Morgan fingerprint density at radius 3 is 2.75 bits per heavy atom. The highest BCUT2D eigenvalue weighted by molar-refractivity contribution is 5.71. The molecule has 3 heteroatoms. The standard InChI is InChI=1S/C13H17NO2/c1-10-2-4-11(5-3-10)8-14-9-12-6-7-13(15)16-12/h2-5,12,14H,6-9H2,1H3. The van der Waals surface area contributed by atoms with Gasteiger partial charge in [0.1, 0.15) is 6.10 Å². The van der Waals surface area contributed by atoms with Crippen LogP contribution in [0.5, 0.6) is 0 Å². The Bertz CT molecular complexity index is 359. The molecule has 3 nitrogen and oxygen atoms in total. The van der Waals surface area contributed by atoms with E-state index in [0.717, 1.165) is 19.5 Å². The van der Waals surface area contributed by atoms with Crippen LogP contribution in [0.15, 0.2) is 24.3 Å². The molecule has 1 aromatic carbocycles. The largest absolute Gasteiger partial charge is 0.461 e. The van der Waals surface area contributed by atoms with Crippen LogP contribution in [-0.2, 0) is 16.1 Å². The lowest BCUT2D eigenvalue weighted by Gasteiger charge is -2.10. The molecule has 0 radical (unpaired) electrons. The molecule has 0 aromatic heterocycles. The number of nitrogens with one attached hydrogen (secondary N) is 1. The van der Waals surface area contributed by atoms with Crippen molar-refractivity contribution in [2.75, 3.05) is 6.54 Å². The molecule has 0 amide bonds. The van der Waals surface area contributed by atoms with E-state index in [1.165, 1.54) is 11.1 Å². The van der Waals surface area contributed by atoms with Crippen molar-refractivity contribution in [3.05, 3.63) is 35.4 Å². The Morgan fingerprint density at radius 2 is 2.12 bits per heavy atom. The molecule has 0 bridgehead atoms. The van der Waals surface area contributed by atoms with E-state index in [2.05, 4.69) is 36.5 Å². The van der Waals surface area contributed by atoms with Gasteiger partial charge in [0.05, 0.1) is 0 Å². The Balaban J connectivity index is 1.72. The van der Waals surface area contributed by atoms with E-state index in [-0.39, 0.29) is 12.1 Å². The first-order valence-corrected chi connectivity index (χ1v) is 5.70. The number of hydrogen-bond donors (Lipinski definition) is 1. The van der Waals surface area contributed by atoms with Gasteiger partial charge in [-0.05, 0) is 18.9 Å². The van der Waals surface area contributed by atoms with Crippen molar-refractivity contribution in [3.8, 4) is 0 Å². The van der Waals surface area contributed by atoms with Gasteiger partial charge in [0.2, 0.25) is 0 Å². The molecule has 1 fully saturated rings. The van der Waals surface area contributed by atoms with Crippen molar-refractivity contribution >= 4 is 5.97 Å². The zero-order valence-electron chi connectivity index (χ0n) is 9.53. The average molecular weight is 219 g/mol. The summed E-state index contributed by atoms with van der Waals surface area (Å²) >= 11 is 0. The van der Waals surface area contributed by atoms with E-state index in [1.807, 2.05) is 0 Å². The lowest BCUT2D eigenvalue weighted by molar-refractivity contribution is -0.141. The number of benzene rings is 1. The van der Waals surface area contributed by atoms with E-state index in [1.54, 1.807) is 0 Å². The minimum Gasteiger partial charge on any atom is -0.461 e. The van der Waals surface area contributed by atoms with Gasteiger partial charge in [-0.1, -0.05) is 29.8 Å². The molecule has 0 spiro atoms. The molecule has 16 heavy (non-hydrogen) atoms. The number of aryl methyl sites for hydroxylation is 1. The van der Waals surface area contributed by atoms with E-state index >= 15 is 0 Å². The number of carbonyl (C=O) groups is 1. The van der Waals surface area contributed by atoms with Gasteiger partial charge < -0.3 is 10.1 Å². The molecule has 1 N–H and O–H groups in total. The SMILES string of the molecule is Cc1ccc(CNCC2CCC(=O)O2)cc1. The summed E-state index contributed by atoms with van der Waals surface area (Å²) in [6.07, 6.45) is 1.48. The lowest BCUT2D eigenvalue weighted by atomic mass is 10.1. The maximum absolute atomic E-state index is 10.9. The average Bonchev–Trinajstić information content (AvgIpc) is 2.67. The van der Waals surface area contributed by atoms with E-state index < -0.39 is 0 Å². The zero-order chi connectivity index (χ0) is 11.4. The molecular formula is C13H17NO2. The van der Waals surface area contributed by atoms with Gasteiger partial charge in [-0.25, -0.2) is 0 Å². The second kappa shape index (κ2) is 5.12. The Morgan fingerprint density at radius 1 is 1.38 bits per heavy atom. The molecule has 0 saturated carbocycles. The third-order valence-electron chi connectivity index (χ3n) is 2.79. The van der Waals surface area contributed by atoms with Crippen LogP contribution in [0.2, 0.25) is 0 Å². The highest BCUT2D eigenvalue weighted by atomic mass is 16.5. The van der Waals surface area contributed by atoms with Gasteiger partial charge >= 0.3 is 5.97 Å². The van der Waals surface area contributed by atoms with Gasteiger partial charge in [-0.3, -0.25) is 4.79 Å². The lowest BCUT2D eigenvalue weighted by Crippen LogP contribution is -2.26. The molecule has 1 aromatic rings. The highest BCUT2D eigenvalue weighted by Crippen LogP contribution is 2.12. The summed E-state index contributed by atoms with van der Waals surface area (Å²) in [7, 11) is 0. The van der Waals surface area contributed by atoms with Gasteiger partial charge in [0.25, 0.3) is 0 Å². The van der Waals surface area contributed by atoms with Crippen molar-refractivity contribution < 1.29 is 9.53 Å². The maximum atomic E-state index is 10.9. The number of ether oxygens (including phenoxy) is 1. The van der Waals surface area contributed by atoms with Gasteiger partial charge in [0, 0.05) is 19.5 Å². The zero-order valence-corrected chi connectivity index (χ0v) is 9.53. The maximum Gasteiger partial charge on any atom is 0.306 e. The van der Waals surface area contributed by atoms with Gasteiger partial charge in [-0.2, -0.15) is 0 Å². The van der Waals surface area contributed by atoms with Crippen LogP contribution in [0.25, 0.3) is 0 Å². The predicted molar refractivity (Wildman–Crippen MR) is 62.0 cm³/mol. The predicted octanol–water partition coefficient (Wildman–Crippen LogP) is 1.79. The topological polar surface area (TPSA) is 38.3 Å². The minimum absolute atomic E-state index is 0.0675. The van der Waals surface area contributed by atoms with E-state index in [9.17, 15) is 4.79 Å². The van der Waals surface area contributed by atoms with Crippen LogP contribution in [0.1, 0.15) is 24.0 Å². The fraction of sp³-hybridized carbons (Fsp3) is 0.462. The summed E-state index contributed by atoms with van der Waals surface area (Å²) in [5.41, 5.74) is 2.53. The third kappa shape index (κ3) is 3.07. The summed E-state index contributed by atoms with van der Waals surface area (Å²) in [5, 5.41) is 3.31. The van der Waals surface area contributed by atoms with Gasteiger partial charge in [0.15, 0.2) is 0 Å². The first-order valence-electron chi connectivity index (χ1n) is 5.70. The number of carbonyl (C=O) groups excluding carboxylic acids is 1. The molecule has 1 aliphatic heterocycles. The van der Waals surface area contributed by atoms with Crippen LogP contribution in [0, 0.1) is 6.92 Å². The second-order valence-corrected chi connectivity index (χ2v) is 4.27. The van der Waals surface area contributed by atoms with Crippen molar-refractivity contribution in [1.29, 1.82) is 0 Å². The fourth-order valence-corrected chi connectivity index (χ4v) is 1.81. The van der Waals surface area contributed by atoms with E-state index in [4.69, 9.17) is 4.74 Å². The summed E-state index contributed by atoms with van der Waals surface area (Å²) in [6, 6.07) is 8.44. The molecule has 86 valence electrons. The van der Waals surface area contributed by atoms with Crippen LogP contribution in [-0.4, -0.2) is 18.6 Å². The molecular weight excluding hydrogens is 202 g/mol. The summed E-state index contributed by atoms with van der Waals surface area (Å²) < 4.78 is 5.12. The quantitative estimate of drug-likeness (QED) is 0.785. The first-order chi connectivity index (χ1) is 7.74. The van der Waals surface area contributed by atoms with Crippen LogP contribution < -0.4 is 5.32 Å². The van der Waals surface area contributed by atoms with Crippen molar-refractivity contribution in [2.45, 2.75) is 32.4 Å². The molecule has 1 saturated heterocycles. The Labute approximate surface area is 95.8 Å². The normalized spacial score (nSPS) is 19.8. The van der Waals surface area contributed by atoms with Crippen molar-refractivity contribution in [2.24, 2.45) is 0 Å². The summed E-state index contributed by atoms with van der Waals surface area (Å²) in [4.78, 5) is 10.9. The van der Waals surface area contributed by atoms with Crippen molar-refractivity contribution in [3.63, 3.8) is 0 Å². The molecule has 1 aliphatic rings. The van der Waals surface area contributed by atoms with Crippen LogP contribution >= 0.6 is 0 Å². The van der Waals surface area contributed by atoms with Gasteiger partial charge in [-0.15, -0.1) is 0 Å². The smallest absolute Gasteiger partial charge is 0.306 e. The van der Waals surface area contributed by atoms with E-state index in [0.29, 0.717) is 6.42 Å². The third-order valence-corrected chi connectivity index (χ3v) is 2.79. The molecule has 1 unspecified atom stereocenters. The fourth-order valence-electron chi connectivity index (χ4n) is 1.81. The highest BCUT2D eigenvalue weighted by Gasteiger charge is 2.22. The number of rotatable bonds is 4. The summed E-state index contributed by atoms with van der Waals surface area (Å²) in [5.74, 6) is -0.0675. The number of hydrogen-bond acceptors (Lipinski definition) is 3. The first kappa shape index (κ1) is 11.1. The molecule has 0 aliphatic carbocycles. The number of cyclic esters (lactones) is 1. The Hall–Kier alpha value is -1.35. The molecule has 1 heterocycles. The molecule has 1 atom stereocenters. The Kier molecular flexibility index (Phi) is 3.57. The van der Waals surface area contributed by atoms with Crippen LogP contribution in [0.3, 0.4) is 0 Å². The molecule has 2 rings (SSSR count). The van der Waals surface area contributed by atoms with Crippen molar-refractivity contribution in [1.82, 2.24) is 5.32 Å². The second-order valence-electron chi connectivity index (χ2n) is 4.27. The minimum atomic E-state index is -0.0675.